The Labute approximate surface area is 106 Å². The van der Waals surface area contributed by atoms with Gasteiger partial charge in [0.05, 0.1) is 11.9 Å². The van der Waals surface area contributed by atoms with Crippen molar-refractivity contribution >= 4 is 15.7 Å². The maximum Gasteiger partial charge on any atom is 0.229 e. The van der Waals surface area contributed by atoms with E-state index in [1.54, 1.807) is 42.5 Å². The van der Waals surface area contributed by atoms with Crippen LogP contribution in [0.25, 0.3) is 11.1 Å². The van der Waals surface area contributed by atoms with Crippen LogP contribution in [-0.2, 0) is 10.0 Å². The van der Waals surface area contributed by atoms with Crippen LogP contribution in [0, 0.1) is 6.07 Å². The van der Waals surface area contributed by atoms with Gasteiger partial charge in [-0.15, -0.1) is 0 Å². The molecule has 1 radical (unpaired) electrons. The van der Waals surface area contributed by atoms with Gasteiger partial charge in [0.1, 0.15) is 5.75 Å². The summed E-state index contributed by atoms with van der Waals surface area (Å²) in [4.78, 5) is 0. The number of phenols is 1. The monoisotopic (exact) mass is 262 g/mol. The van der Waals surface area contributed by atoms with Crippen molar-refractivity contribution in [1.82, 2.24) is 0 Å². The summed E-state index contributed by atoms with van der Waals surface area (Å²) in [7, 11) is -3.35. The Kier molecular flexibility index (Phi) is 3.25. The molecule has 2 aromatic carbocycles. The summed E-state index contributed by atoms with van der Waals surface area (Å²) in [6, 6.07) is 14.6. The van der Waals surface area contributed by atoms with E-state index in [0.29, 0.717) is 16.8 Å². The number of hydrogen-bond donors (Lipinski definition) is 2. The summed E-state index contributed by atoms with van der Waals surface area (Å²) in [6.45, 7) is 0. The van der Waals surface area contributed by atoms with Gasteiger partial charge >= 0.3 is 0 Å². The minimum absolute atomic E-state index is 0.120. The van der Waals surface area contributed by atoms with Gasteiger partial charge in [0.2, 0.25) is 10.0 Å². The van der Waals surface area contributed by atoms with Gasteiger partial charge in [0.15, 0.2) is 0 Å². The van der Waals surface area contributed by atoms with E-state index in [1.807, 2.05) is 0 Å². The fraction of sp³-hybridized carbons (Fsp3) is 0.0769. The molecule has 0 fully saturated rings. The Balaban J connectivity index is 2.51. The molecule has 93 valence electrons. The second-order valence-corrected chi connectivity index (χ2v) is 5.63. The molecule has 2 aromatic rings. The van der Waals surface area contributed by atoms with Crippen LogP contribution in [0.15, 0.2) is 42.5 Å². The lowest BCUT2D eigenvalue weighted by molar-refractivity contribution is 0.475. The fourth-order valence-electron chi connectivity index (χ4n) is 1.62. The SMILES string of the molecule is CS(=O)(=O)Nc1ccc[c]c1-c1cccc(O)c1. The highest BCUT2D eigenvalue weighted by atomic mass is 32.2. The molecule has 18 heavy (non-hydrogen) atoms. The third kappa shape index (κ3) is 3.01. The van der Waals surface area contributed by atoms with Crippen LogP contribution >= 0.6 is 0 Å². The van der Waals surface area contributed by atoms with Crippen LogP contribution in [0.4, 0.5) is 5.69 Å². The van der Waals surface area contributed by atoms with E-state index in [4.69, 9.17) is 0 Å². The first-order valence-corrected chi connectivity index (χ1v) is 7.13. The van der Waals surface area contributed by atoms with Gasteiger partial charge in [-0.2, -0.15) is 0 Å². The second kappa shape index (κ2) is 4.70. The number of rotatable bonds is 3. The minimum Gasteiger partial charge on any atom is -0.508 e. The topological polar surface area (TPSA) is 66.4 Å². The van der Waals surface area contributed by atoms with E-state index in [2.05, 4.69) is 10.8 Å². The molecule has 0 aliphatic rings. The molecular weight excluding hydrogens is 250 g/mol. The van der Waals surface area contributed by atoms with Crippen molar-refractivity contribution in [3.63, 3.8) is 0 Å². The van der Waals surface area contributed by atoms with Crippen LogP contribution in [0.3, 0.4) is 0 Å². The standard InChI is InChI=1S/C13H12NO3S/c1-18(16,17)14-13-8-3-2-7-12(13)10-5-4-6-11(15)9-10/h2-6,8-9,14-15H,1H3. The third-order valence-electron chi connectivity index (χ3n) is 2.29. The summed E-state index contributed by atoms with van der Waals surface area (Å²) in [6.07, 6.45) is 1.09. The van der Waals surface area contributed by atoms with Crippen LogP contribution in [0.1, 0.15) is 0 Å². The molecule has 0 heterocycles. The molecule has 0 spiro atoms. The van der Waals surface area contributed by atoms with Crippen molar-refractivity contribution in [2.45, 2.75) is 0 Å². The zero-order valence-electron chi connectivity index (χ0n) is 9.71. The molecule has 0 saturated heterocycles. The predicted molar refractivity (Wildman–Crippen MR) is 70.8 cm³/mol. The van der Waals surface area contributed by atoms with Crippen molar-refractivity contribution in [2.75, 3.05) is 11.0 Å². The molecule has 0 amide bonds. The highest BCUT2D eigenvalue weighted by Crippen LogP contribution is 2.29. The normalized spacial score (nSPS) is 11.2. The van der Waals surface area contributed by atoms with Gasteiger partial charge in [-0.05, 0) is 29.8 Å². The number of nitrogens with one attached hydrogen (secondary N) is 1. The van der Waals surface area contributed by atoms with E-state index in [1.165, 1.54) is 0 Å². The third-order valence-corrected chi connectivity index (χ3v) is 2.88. The zero-order valence-corrected chi connectivity index (χ0v) is 10.5. The molecule has 0 bridgehead atoms. The van der Waals surface area contributed by atoms with Gasteiger partial charge < -0.3 is 5.11 Å². The van der Waals surface area contributed by atoms with E-state index in [-0.39, 0.29) is 5.75 Å². The Morgan fingerprint density at radius 1 is 1.22 bits per heavy atom. The average Bonchev–Trinajstić information content (AvgIpc) is 2.27. The largest absolute Gasteiger partial charge is 0.508 e. The van der Waals surface area contributed by atoms with Crippen LogP contribution < -0.4 is 4.72 Å². The maximum absolute atomic E-state index is 11.3. The van der Waals surface area contributed by atoms with Crippen LogP contribution in [0.2, 0.25) is 0 Å². The number of aromatic hydroxyl groups is 1. The molecule has 0 aliphatic carbocycles. The lowest BCUT2D eigenvalue weighted by Crippen LogP contribution is -2.10. The molecule has 0 aliphatic heterocycles. The van der Waals surface area contributed by atoms with Crippen molar-refractivity contribution in [2.24, 2.45) is 0 Å². The van der Waals surface area contributed by atoms with Gasteiger partial charge in [0, 0.05) is 5.56 Å². The van der Waals surface area contributed by atoms with Gasteiger partial charge in [-0.3, -0.25) is 4.72 Å². The van der Waals surface area contributed by atoms with Crippen LogP contribution in [-0.4, -0.2) is 19.8 Å². The van der Waals surface area contributed by atoms with Crippen molar-refractivity contribution in [1.29, 1.82) is 0 Å². The van der Waals surface area contributed by atoms with Crippen LogP contribution in [0.5, 0.6) is 5.75 Å². The predicted octanol–water partition coefficient (Wildman–Crippen LogP) is 2.23. The number of anilines is 1. The highest BCUT2D eigenvalue weighted by Gasteiger charge is 2.09. The molecular formula is C13H12NO3S. The molecule has 2 N–H and O–H groups in total. The average molecular weight is 262 g/mol. The van der Waals surface area contributed by atoms with Crippen molar-refractivity contribution in [3.05, 3.63) is 48.5 Å². The Morgan fingerprint density at radius 2 is 2.00 bits per heavy atom. The molecule has 0 aromatic heterocycles. The summed E-state index contributed by atoms with van der Waals surface area (Å²) in [5.74, 6) is 0.120. The zero-order chi connectivity index (χ0) is 13.2. The summed E-state index contributed by atoms with van der Waals surface area (Å²) in [5, 5.41) is 9.45. The van der Waals surface area contributed by atoms with Gasteiger partial charge in [0.25, 0.3) is 0 Å². The summed E-state index contributed by atoms with van der Waals surface area (Å²) >= 11 is 0. The number of benzene rings is 2. The van der Waals surface area contributed by atoms with Crippen molar-refractivity contribution < 1.29 is 13.5 Å². The first-order chi connectivity index (χ1) is 8.46. The molecule has 2 rings (SSSR count). The quantitative estimate of drug-likeness (QED) is 0.891. The Bertz CT molecular complexity index is 665. The van der Waals surface area contributed by atoms with E-state index < -0.39 is 10.0 Å². The minimum atomic E-state index is -3.35. The van der Waals surface area contributed by atoms with E-state index in [0.717, 1.165) is 6.26 Å². The van der Waals surface area contributed by atoms with Gasteiger partial charge in [-0.25, -0.2) is 8.42 Å². The smallest absolute Gasteiger partial charge is 0.229 e. The van der Waals surface area contributed by atoms with Gasteiger partial charge in [-0.1, -0.05) is 24.3 Å². The Hall–Kier alpha value is -2.01. The molecule has 0 atom stereocenters. The van der Waals surface area contributed by atoms with E-state index in [9.17, 15) is 13.5 Å². The highest BCUT2D eigenvalue weighted by molar-refractivity contribution is 7.92. The second-order valence-electron chi connectivity index (χ2n) is 3.88. The molecule has 4 nitrogen and oxygen atoms in total. The maximum atomic E-state index is 11.3. The number of sulfonamides is 1. The molecule has 0 unspecified atom stereocenters. The lowest BCUT2D eigenvalue weighted by Gasteiger charge is -2.10. The first kappa shape index (κ1) is 12.4. The van der Waals surface area contributed by atoms with E-state index >= 15 is 0 Å². The molecule has 0 saturated carbocycles. The summed E-state index contributed by atoms with van der Waals surface area (Å²) in [5.41, 5.74) is 1.73. The number of hydrogen-bond acceptors (Lipinski definition) is 3. The fourth-order valence-corrected chi connectivity index (χ4v) is 2.19. The lowest BCUT2D eigenvalue weighted by atomic mass is 10.0. The van der Waals surface area contributed by atoms with Crippen molar-refractivity contribution in [3.8, 4) is 16.9 Å². The Morgan fingerprint density at radius 3 is 2.67 bits per heavy atom. The first-order valence-electron chi connectivity index (χ1n) is 5.23. The molecule has 5 heteroatoms. The number of phenolic OH excluding ortho intramolecular Hbond substituents is 1. The summed E-state index contributed by atoms with van der Waals surface area (Å²) < 4.78 is 25.0.